The Morgan fingerprint density at radius 1 is 0.882 bits per heavy atom. The third kappa shape index (κ3) is 7.93. The summed E-state index contributed by atoms with van der Waals surface area (Å²) in [4.78, 5) is 10.2. The van der Waals surface area contributed by atoms with E-state index < -0.39 is 0 Å². The Balaban J connectivity index is 1.22. The molecular formula is C49H46N2. The highest BCUT2D eigenvalue weighted by Crippen LogP contribution is 2.41. The average Bonchev–Trinajstić information content (AvgIpc) is 3.20. The Morgan fingerprint density at radius 2 is 1.76 bits per heavy atom. The SMILES string of the molecule is C=C(C=C=C(/N=C(\C)c1cccc(-c2ccccc2-c2ncccc2C2=CC=C(C3C=CC=CC3)C(C)C2)c1)C1=CCCC=C1)C1=CC=CCC1. The third-order valence-electron chi connectivity index (χ3n) is 10.3. The van der Waals surface area contributed by atoms with Gasteiger partial charge in [-0.2, -0.15) is 0 Å². The molecule has 0 saturated heterocycles. The molecule has 2 atom stereocenters. The van der Waals surface area contributed by atoms with Gasteiger partial charge in [0.1, 0.15) is 5.70 Å². The third-order valence-corrected chi connectivity index (χ3v) is 10.3. The monoisotopic (exact) mass is 662 g/mol. The van der Waals surface area contributed by atoms with E-state index in [2.05, 4.69) is 160 Å². The molecule has 0 aliphatic heterocycles. The number of hydrogen-bond donors (Lipinski definition) is 0. The summed E-state index contributed by atoms with van der Waals surface area (Å²) in [5.41, 5.74) is 18.3. The van der Waals surface area contributed by atoms with Gasteiger partial charge in [0.25, 0.3) is 0 Å². The van der Waals surface area contributed by atoms with Crippen molar-refractivity contribution in [2.24, 2.45) is 16.8 Å². The quantitative estimate of drug-likeness (QED) is 0.127. The van der Waals surface area contributed by atoms with Crippen LogP contribution in [0.15, 0.2) is 191 Å². The summed E-state index contributed by atoms with van der Waals surface area (Å²) < 4.78 is 0. The molecule has 4 aliphatic carbocycles. The molecule has 4 aliphatic rings. The van der Waals surface area contributed by atoms with Crippen LogP contribution < -0.4 is 0 Å². The zero-order valence-corrected chi connectivity index (χ0v) is 29.9. The summed E-state index contributed by atoms with van der Waals surface area (Å²) in [7, 11) is 0. The number of aromatic nitrogens is 1. The van der Waals surface area contributed by atoms with Gasteiger partial charge >= 0.3 is 0 Å². The highest BCUT2D eigenvalue weighted by molar-refractivity contribution is 6.01. The number of aliphatic imine (C=N–C) groups is 1. The lowest BCUT2D eigenvalue weighted by Gasteiger charge is -2.28. The number of rotatable bonds is 9. The van der Waals surface area contributed by atoms with E-state index in [0.717, 1.165) is 89.0 Å². The fourth-order valence-corrected chi connectivity index (χ4v) is 7.45. The highest BCUT2D eigenvalue weighted by atomic mass is 14.8. The highest BCUT2D eigenvalue weighted by Gasteiger charge is 2.24. The second kappa shape index (κ2) is 16.0. The molecule has 51 heavy (non-hydrogen) atoms. The Hall–Kier alpha value is -5.56. The summed E-state index contributed by atoms with van der Waals surface area (Å²) in [5.74, 6) is 0.965. The van der Waals surface area contributed by atoms with Gasteiger partial charge in [-0.3, -0.25) is 4.98 Å². The van der Waals surface area contributed by atoms with E-state index in [1.165, 1.54) is 22.3 Å². The summed E-state index contributed by atoms with van der Waals surface area (Å²) in [6.07, 6.45) is 36.9. The van der Waals surface area contributed by atoms with Crippen molar-refractivity contribution in [2.75, 3.05) is 0 Å². The van der Waals surface area contributed by atoms with Gasteiger partial charge in [0.05, 0.1) is 5.69 Å². The lowest BCUT2D eigenvalue weighted by atomic mass is 9.77. The minimum Gasteiger partial charge on any atom is -0.256 e. The van der Waals surface area contributed by atoms with Crippen LogP contribution in [0.2, 0.25) is 0 Å². The van der Waals surface area contributed by atoms with Crippen LogP contribution in [-0.2, 0) is 0 Å². The first kappa shape index (κ1) is 33.9. The summed E-state index contributed by atoms with van der Waals surface area (Å²) in [5, 5.41) is 0. The first-order valence-electron chi connectivity index (χ1n) is 18.4. The molecule has 2 nitrogen and oxygen atoms in total. The first-order valence-corrected chi connectivity index (χ1v) is 18.4. The van der Waals surface area contributed by atoms with Gasteiger partial charge in [-0.25, -0.2) is 4.99 Å². The van der Waals surface area contributed by atoms with E-state index in [9.17, 15) is 0 Å². The zero-order chi connectivity index (χ0) is 35.0. The van der Waals surface area contributed by atoms with Crippen LogP contribution >= 0.6 is 0 Å². The molecule has 0 saturated carbocycles. The second-order valence-electron chi connectivity index (χ2n) is 13.8. The molecule has 0 radical (unpaired) electrons. The van der Waals surface area contributed by atoms with Crippen molar-refractivity contribution in [2.45, 2.75) is 52.4 Å². The molecule has 7 rings (SSSR count). The average molecular weight is 663 g/mol. The minimum absolute atomic E-state index is 0.474. The molecule has 2 unspecified atom stereocenters. The largest absolute Gasteiger partial charge is 0.256 e. The van der Waals surface area contributed by atoms with E-state index in [-0.39, 0.29) is 0 Å². The smallest absolute Gasteiger partial charge is 0.112 e. The number of pyridine rings is 1. The molecule has 0 amide bonds. The molecular weight excluding hydrogens is 617 g/mol. The normalized spacial score (nSPS) is 19.8. The van der Waals surface area contributed by atoms with Crippen LogP contribution in [0.3, 0.4) is 0 Å². The van der Waals surface area contributed by atoms with Gasteiger partial charge in [0.15, 0.2) is 0 Å². The first-order chi connectivity index (χ1) is 25.0. The van der Waals surface area contributed by atoms with Crippen molar-refractivity contribution in [3.63, 3.8) is 0 Å². The van der Waals surface area contributed by atoms with Gasteiger partial charge in [-0.05, 0) is 103 Å². The summed E-state index contributed by atoms with van der Waals surface area (Å²) >= 11 is 0. The Labute approximate surface area is 304 Å². The maximum atomic E-state index is 5.19. The lowest BCUT2D eigenvalue weighted by Crippen LogP contribution is -2.13. The number of allylic oxidation sites excluding steroid dienone is 16. The second-order valence-corrected chi connectivity index (χ2v) is 13.8. The molecule has 2 heteroatoms. The Morgan fingerprint density at radius 3 is 2.55 bits per heavy atom. The molecule has 1 aromatic heterocycles. The molecule has 252 valence electrons. The van der Waals surface area contributed by atoms with Crippen LogP contribution in [0, 0.1) is 11.8 Å². The minimum atomic E-state index is 0.474. The van der Waals surface area contributed by atoms with Crippen molar-refractivity contribution in [3.8, 4) is 22.4 Å². The molecule has 0 bridgehead atoms. The van der Waals surface area contributed by atoms with Gasteiger partial charge in [-0.1, -0.05) is 146 Å². The van der Waals surface area contributed by atoms with Crippen molar-refractivity contribution < 1.29 is 0 Å². The van der Waals surface area contributed by atoms with Crippen molar-refractivity contribution >= 4 is 11.3 Å². The maximum absolute atomic E-state index is 5.19. The fourth-order valence-electron chi connectivity index (χ4n) is 7.45. The maximum Gasteiger partial charge on any atom is 0.112 e. The van der Waals surface area contributed by atoms with Crippen LogP contribution in [0.4, 0.5) is 0 Å². The van der Waals surface area contributed by atoms with E-state index in [1.807, 2.05) is 12.3 Å². The van der Waals surface area contributed by atoms with Gasteiger partial charge in [-0.15, -0.1) is 0 Å². The van der Waals surface area contributed by atoms with Crippen molar-refractivity contribution in [1.29, 1.82) is 0 Å². The van der Waals surface area contributed by atoms with Crippen LogP contribution in [0.5, 0.6) is 0 Å². The Kier molecular flexibility index (Phi) is 10.6. The molecule has 0 fully saturated rings. The Bertz CT molecular complexity index is 2180. The molecule has 1 heterocycles. The fraction of sp³-hybridized carbons (Fsp3) is 0.204. The number of nitrogens with zero attached hydrogens (tertiary/aromatic N) is 2. The van der Waals surface area contributed by atoms with Gasteiger partial charge < -0.3 is 0 Å². The van der Waals surface area contributed by atoms with Crippen LogP contribution in [0.1, 0.15) is 63.5 Å². The predicted octanol–water partition coefficient (Wildman–Crippen LogP) is 12.9. The van der Waals surface area contributed by atoms with E-state index in [4.69, 9.17) is 9.98 Å². The number of hydrogen-bond acceptors (Lipinski definition) is 2. The molecule has 0 N–H and O–H groups in total. The molecule has 0 spiro atoms. The topological polar surface area (TPSA) is 25.2 Å². The number of benzene rings is 2. The molecule has 2 aromatic carbocycles. The lowest BCUT2D eigenvalue weighted by molar-refractivity contribution is 0.594. The van der Waals surface area contributed by atoms with Crippen molar-refractivity contribution in [3.05, 3.63) is 197 Å². The van der Waals surface area contributed by atoms with E-state index in [1.54, 1.807) is 0 Å². The van der Waals surface area contributed by atoms with Gasteiger partial charge in [0, 0.05) is 34.5 Å². The predicted molar refractivity (Wildman–Crippen MR) is 217 cm³/mol. The molecule has 3 aromatic rings. The summed E-state index contributed by atoms with van der Waals surface area (Å²) in [6, 6.07) is 21.7. The summed E-state index contributed by atoms with van der Waals surface area (Å²) in [6.45, 7) is 8.80. The van der Waals surface area contributed by atoms with Crippen LogP contribution in [0.25, 0.3) is 28.0 Å². The van der Waals surface area contributed by atoms with Crippen molar-refractivity contribution in [1.82, 2.24) is 4.98 Å². The zero-order valence-electron chi connectivity index (χ0n) is 29.9. The van der Waals surface area contributed by atoms with Crippen LogP contribution in [-0.4, -0.2) is 10.7 Å². The standard InChI is InChI=1S/C49H46N2/c1-35(38-17-7-4-8-18-38)28-31-48(40-21-11-6-12-22-40)51-37(3)41-23-15-24-42(34-41)45-25-13-14-26-47(45)49-46(27-16-32-50-49)43-29-30-44(36(2)33-43)39-19-9-5-10-20-39/h4-5,7,9-11,13-17,19,21-30,32,34,36,39H,1,6,8,12,18,20,33H2,2-3H3/b51-37+. The van der Waals surface area contributed by atoms with E-state index in [0.29, 0.717) is 11.8 Å². The van der Waals surface area contributed by atoms with Gasteiger partial charge in [0.2, 0.25) is 0 Å². The van der Waals surface area contributed by atoms with E-state index >= 15 is 0 Å².